The van der Waals surface area contributed by atoms with E-state index in [1.807, 2.05) is 24.3 Å². The zero-order chi connectivity index (χ0) is 5.82. The van der Waals surface area contributed by atoms with Gasteiger partial charge in [0.1, 0.15) is 0 Å². The summed E-state index contributed by atoms with van der Waals surface area (Å²) in [5.41, 5.74) is 0.715. The largest absolute Gasteiger partial charge is 0.358 e. The fraction of sp³-hybridized carbons (Fsp3) is 0. The number of nitriles is 1. The van der Waals surface area contributed by atoms with E-state index in [9.17, 15) is 0 Å². The summed E-state index contributed by atoms with van der Waals surface area (Å²) in [4.78, 5) is 0. The Bertz CT molecular complexity index is 200. The molecule has 0 bridgehead atoms. The number of nitrogens with zero attached hydrogens (tertiary/aromatic N) is 1. The summed E-state index contributed by atoms with van der Waals surface area (Å²) < 4.78 is 0. The normalized spacial score (nSPS) is 6.30. The predicted octanol–water partition coefficient (Wildman–Crippen LogP) is 2.01. The molecule has 1 nitrogen and oxygen atoms in total. The van der Waals surface area contributed by atoms with Crippen molar-refractivity contribution in [2.75, 3.05) is 0 Å². The molecule has 0 fully saturated rings. The molecular weight excluding hydrogens is 199 g/mol. The Morgan fingerprint density at radius 1 is 1.10 bits per heavy atom. The van der Waals surface area contributed by atoms with Gasteiger partial charge >= 0.3 is 0 Å². The van der Waals surface area contributed by atoms with Crippen LogP contribution in [0.15, 0.2) is 30.3 Å². The summed E-state index contributed by atoms with van der Waals surface area (Å²) in [6.45, 7) is 0. The SMILES string of the molecule is N#Cc1ccccc1.[CH3-].[Y]. The fourth-order valence-corrected chi connectivity index (χ4v) is 0.513. The standard InChI is InChI=1S/C7H5N.CH3.Y/c8-6-7-4-2-1-3-5-7;;/h1-5H;1H3;/q;-1;. The maximum Gasteiger partial charge on any atom is 0.0991 e. The summed E-state index contributed by atoms with van der Waals surface area (Å²) in [6.07, 6.45) is 0. The molecule has 2 heteroatoms. The van der Waals surface area contributed by atoms with Gasteiger partial charge in [0.25, 0.3) is 0 Å². The Kier molecular flexibility index (Phi) is 8.65. The van der Waals surface area contributed by atoms with Crippen LogP contribution in [0.2, 0.25) is 0 Å². The Morgan fingerprint density at radius 2 is 1.60 bits per heavy atom. The minimum Gasteiger partial charge on any atom is -0.358 e. The molecule has 0 unspecified atom stereocenters. The Morgan fingerprint density at radius 3 is 1.90 bits per heavy atom. The van der Waals surface area contributed by atoms with Crippen molar-refractivity contribution in [2.45, 2.75) is 0 Å². The molecule has 49 valence electrons. The summed E-state index contributed by atoms with van der Waals surface area (Å²) in [7, 11) is 0. The van der Waals surface area contributed by atoms with E-state index in [1.54, 1.807) is 12.1 Å². The van der Waals surface area contributed by atoms with Crippen molar-refractivity contribution < 1.29 is 32.7 Å². The second kappa shape index (κ2) is 6.93. The van der Waals surface area contributed by atoms with Crippen molar-refractivity contribution in [2.24, 2.45) is 0 Å². The van der Waals surface area contributed by atoms with Crippen LogP contribution in [0.1, 0.15) is 5.56 Å². The van der Waals surface area contributed by atoms with Gasteiger partial charge in [0.15, 0.2) is 0 Å². The molecule has 10 heavy (non-hydrogen) atoms. The van der Waals surface area contributed by atoms with E-state index in [0.717, 1.165) is 0 Å². The molecule has 0 amide bonds. The molecule has 0 atom stereocenters. The van der Waals surface area contributed by atoms with Crippen LogP contribution in [0.25, 0.3) is 0 Å². The molecule has 0 saturated carbocycles. The average Bonchev–Trinajstić information content (AvgIpc) is 1.90. The third-order valence-electron chi connectivity index (χ3n) is 0.903. The van der Waals surface area contributed by atoms with Crippen LogP contribution in [0, 0.1) is 18.8 Å². The Hall–Kier alpha value is -0.186. The van der Waals surface area contributed by atoms with Crippen LogP contribution in [-0.4, -0.2) is 0 Å². The van der Waals surface area contributed by atoms with Gasteiger partial charge in [0.05, 0.1) is 11.6 Å². The van der Waals surface area contributed by atoms with Gasteiger partial charge in [0, 0.05) is 32.7 Å². The first-order valence-corrected chi connectivity index (χ1v) is 2.38. The maximum absolute atomic E-state index is 8.29. The van der Waals surface area contributed by atoms with Gasteiger partial charge in [-0.2, -0.15) is 5.26 Å². The number of rotatable bonds is 0. The number of benzene rings is 1. The first-order chi connectivity index (χ1) is 3.93. The van der Waals surface area contributed by atoms with Crippen molar-refractivity contribution in [1.29, 1.82) is 5.26 Å². The first kappa shape index (κ1) is 12.5. The van der Waals surface area contributed by atoms with Gasteiger partial charge in [-0.1, -0.05) is 18.2 Å². The van der Waals surface area contributed by atoms with E-state index < -0.39 is 0 Å². The van der Waals surface area contributed by atoms with Crippen molar-refractivity contribution in [3.63, 3.8) is 0 Å². The van der Waals surface area contributed by atoms with Crippen molar-refractivity contribution in [1.82, 2.24) is 0 Å². The van der Waals surface area contributed by atoms with Gasteiger partial charge in [-0.3, -0.25) is 0 Å². The summed E-state index contributed by atoms with van der Waals surface area (Å²) in [5, 5.41) is 8.29. The first-order valence-electron chi connectivity index (χ1n) is 2.38. The van der Waals surface area contributed by atoms with Crippen LogP contribution in [0.5, 0.6) is 0 Å². The summed E-state index contributed by atoms with van der Waals surface area (Å²) in [6, 6.07) is 11.2. The monoisotopic (exact) mass is 207 g/mol. The molecule has 0 spiro atoms. The van der Waals surface area contributed by atoms with Crippen LogP contribution in [0.3, 0.4) is 0 Å². The molecule has 0 aliphatic heterocycles. The molecule has 1 aromatic rings. The molecule has 1 rings (SSSR count). The Balaban J connectivity index is 0. The molecule has 0 aliphatic carbocycles. The molecular formula is C8H8NY-. The molecule has 0 aromatic heterocycles. The van der Waals surface area contributed by atoms with Gasteiger partial charge in [0.2, 0.25) is 0 Å². The van der Waals surface area contributed by atoms with Crippen molar-refractivity contribution >= 4 is 0 Å². The van der Waals surface area contributed by atoms with Gasteiger partial charge < -0.3 is 7.43 Å². The van der Waals surface area contributed by atoms with Crippen molar-refractivity contribution in [3.8, 4) is 6.07 Å². The third-order valence-corrected chi connectivity index (χ3v) is 0.903. The fourth-order valence-electron chi connectivity index (χ4n) is 0.513. The van der Waals surface area contributed by atoms with E-state index in [2.05, 4.69) is 0 Å². The van der Waals surface area contributed by atoms with Crippen molar-refractivity contribution in [3.05, 3.63) is 43.3 Å². The molecule has 0 N–H and O–H groups in total. The topological polar surface area (TPSA) is 23.8 Å². The van der Waals surface area contributed by atoms with Crippen LogP contribution < -0.4 is 0 Å². The second-order valence-corrected chi connectivity index (χ2v) is 1.48. The van der Waals surface area contributed by atoms with Gasteiger partial charge in [-0.05, 0) is 12.1 Å². The van der Waals surface area contributed by atoms with Crippen LogP contribution in [0.4, 0.5) is 0 Å². The maximum atomic E-state index is 8.29. The minimum absolute atomic E-state index is 0. The zero-order valence-electron chi connectivity index (χ0n) is 5.91. The molecule has 0 aliphatic rings. The van der Waals surface area contributed by atoms with Gasteiger partial charge in [-0.15, -0.1) is 0 Å². The van der Waals surface area contributed by atoms with E-state index >= 15 is 0 Å². The average molecular weight is 207 g/mol. The van der Waals surface area contributed by atoms with E-state index in [1.165, 1.54) is 0 Å². The summed E-state index contributed by atoms with van der Waals surface area (Å²) in [5.74, 6) is 0. The zero-order valence-corrected chi connectivity index (χ0v) is 8.75. The number of hydrogen-bond donors (Lipinski definition) is 0. The molecule has 0 heterocycles. The second-order valence-electron chi connectivity index (χ2n) is 1.48. The van der Waals surface area contributed by atoms with E-state index in [-0.39, 0.29) is 40.1 Å². The van der Waals surface area contributed by atoms with Gasteiger partial charge in [-0.25, -0.2) is 0 Å². The molecule has 0 saturated heterocycles. The van der Waals surface area contributed by atoms with Crippen LogP contribution in [-0.2, 0) is 32.7 Å². The quantitative estimate of drug-likeness (QED) is 0.597. The minimum atomic E-state index is 0. The van der Waals surface area contributed by atoms with Crippen LogP contribution >= 0.6 is 0 Å². The predicted molar refractivity (Wildman–Crippen MR) is 37.6 cm³/mol. The van der Waals surface area contributed by atoms with E-state index in [4.69, 9.17) is 5.26 Å². The third kappa shape index (κ3) is 3.77. The van der Waals surface area contributed by atoms with E-state index in [0.29, 0.717) is 5.56 Å². The molecule has 1 aromatic carbocycles. The Labute approximate surface area is 86.9 Å². The number of hydrogen-bond acceptors (Lipinski definition) is 1. The molecule has 1 radical (unpaired) electrons. The smallest absolute Gasteiger partial charge is 0.0991 e. The summed E-state index contributed by atoms with van der Waals surface area (Å²) >= 11 is 0.